The van der Waals surface area contributed by atoms with Crippen LogP contribution in [0.15, 0.2) is 60.7 Å². The van der Waals surface area contributed by atoms with Gasteiger partial charge in [0.1, 0.15) is 0 Å². The van der Waals surface area contributed by atoms with Crippen molar-refractivity contribution in [3.8, 4) is 0 Å². The van der Waals surface area contributed by atoms with E-state index < -0.39 is 65.4 Å². The van der Waals surface area contributed by atoms with E-state index >= 15 is 0 Å². The summed E-state index contributed by atoms with van der Waals surface area (Å²) in [7, 11) is 2.10. The molecule has 0 saturated carbocycles. The van der Waals surface area contributed by atoms with E-state index in [4.69, 9.17) is 37.8 Å². The van der Waals surface area contributed by atoms with E-state index in [9.17, 15) is 51.8 Å². The number of nitrogen functional groups attached to an aromatic ring is 1. The summed E-state index contributed by atoms with van der Waals surface area (Å²) in [5.74, 6) is -6.37. The molecular formula is C43H53ClF3N7O12. The number of carboxylic acid groups (broad SMARTS) is 5. The van der Waals surface area contributed by atoms with Crippen LogP contribution in [0.3, 0.4) is 0 Å². The van der Waals surface area contributed by atoms with Crippen LogP contribution in [0.25, 0.3) is 0 Å². The summed E-state index contributed by atoms with van der Waals surface area (Å²) in [6, 6.07) is 8.47. The summed E-state index contributed by atoms with van der Waals surface area (Å²) < 4.78 is 42.0. The first-order chi connectivity index (χ1) is 31.0. The van der Waals surface area contributed by atoms with Gasteiger partial charge >= 0.3 is 42.2 Å². The Kier molecular flexibility index (Phi) is 18.8. The maximum absolute atomic E-state index is 14.6. The highest BCUT2D eigenvalue weighted by Crippen LogP contribution is 2.40. The molecule has 3 fully saturated rings. The number of fused-ring (bicyclic) bond motifs is 1. The van der Waals surface area contributed by atoms with E-state index in [1.54, 1.807) is 9.80 Å². The number of rotatable bonds is 10. The Labute approximate surface area is 382 Å². The third kappa shape index (κ3) is 15.1. The van der Waals surface area contributed by atoms with Crippen molar-refractivity contribution in [2.75, 3.05) is 70.5 Å². The highest BCUT2D eigenvalue weighted by atomic mass is 35.5. The highest BCUT2D eigenvalue weighted by Gasteiger charge is 2.45. The van der Waals surface area contributed by atoms with Crippen LogP contribution in [-0.2, 0) is 43.0 Å². The van der Waals surface area contributed by atoms with E-state index in [2.05, 4.69) is 22.2 Å². The Morgan fingerprint density at radius 3 is 1.88 bits per heavy atom. The number of benzene rings is 2. The number of likely N-dealkylation sites (tertiary alicyclic amines) is 2. The lowest BCUT2D eigenvalue weighted by molar-refractivity contribution is -0.140. The number of nitrogens with two attached hydrogens (primary N) is 1. The molecule has 66 heavy (non-hydrogen) atoms. The maximum atomic E-state index is 14.6. The Balaban J connectivity index is 0.000000508. The summed E-state index contributed by atoms with van der Waals surface area (Å²) in [5.41, 5.74) is 5.86. The van der Waals surface area contributed by atoms with Gasteiger partial charge in [-0.25, -0.2) is 28.8 Å². The third-order valence-electron chi connectivity index (χ3n) is 11.7. The first-order valence-corrected chi connectivity index (χ1v) is 21.2. The Hall–Kier alpha value is -6.39. The van der Waals surface area contributed by atoms with Gasteiger partial charge in [-0.15, -0.1) is 0 Å². The van der Waals surface area contributed by atoms with Crippen LogP contribution in [0.4, 0.5) is 34.1 Å². The second-order valence-corrected chi connectivity index (χ2v) is 16.4. The zero-order chi connectivity index (χ0) is 48.9. The molecule has 0 aliphatic carbocycles. The van der Waals surface area contributed by atoms with Gasteiger partial charge in [0.2, 0.25) is 5.91 Å². The number of urea groups is 1. The second kappa shape index (κ2) is 23.7. The number of piperidine rings is 2. The summed E-state index contributed by atoms with van der Waals surface area (Å²) >= 11 is 6.21. The van der Waals surface area contributed by atoms with E-state index in [0.717, 1.165) is 50.7 Å². The van der Waals surface area contributed by atoms with Gasteiger partial charge in [-0.1, -0.05) is 29.8 Å². The number of nitrogens with one attached hydrogen (secondary N) is 1. The fraction of sp³-hybridized carbons (Fsp3) is 0.465. The minimum atomic E-state index is -4.78. The molecule has 0 bridgehead atoms. The first-order valence-electron chi connectivity index (χ1n) is 20.8. The topological polar surface area (TPSA) is 275 Å². The molecule has 4 aliphatic rings. The summed E-state index contributed by atoms with van der Waals surface area (Å²) in [6.45, 7) is 5.21. The van der Waals surface area contributed by atoms with E-state index in [0.29, 0.717) is 68.5 Å². The summed E-state index contributed by atoms with van der Waals surface area (Å²) in [5, 5.41) is 44.3. The largest absolute Gasteiger partial charge is 0.478 e. The van der Waals surface area contributed by atoms with Crippen molar-refractivity contribution in [2.24, 2.45) is 5.92 Å². The minimum absolute atomic E-state index is 0.0625. The molecule has 360 valence electrons. The number of amides is 4. The maximum Gasteiger partial charge on any atom is 0.418 e. The number of nitrogens with zero attached hydrogens (tertiary/aromatic N) is 5. The van der Waals surface area contributed by atoms with Crippen LogP contribution in [0.2, 0.25) is 5.02 Å². The van der Waals surface area contributed by atoms with Gasteiger partial charge in [0.05, 0.1) is 22.2 Å². The van der Waals surface area contributed by atoms with Crippen LogP contribution in [-0.4, -0.2) is 169 Å². The molecule has 8 N–H and O–H groups in total. The number of para-hydroxylation sites is 1. The zero-order valence-electron chi connectivity index (χ0n) is 35.9. The van der Waals surface area contributed by atoms with Crippen molar-refractivity contribution in [1.82, 2.24) is 24.5 Å². The fourth-order valence-electron chi connectivity index (χ4n) is 8.44. The number of anilines is 2. The van der Waals surface area contributed by atoms with Crippen molar-refractivity contribution in [3.05, 3.63) is 82.4 Å². The van der Waals surface area contributed by atoms with Gasteiger partial charge in [-0.2, -0.15) is 13.2 Å². The number of carbonyl (C=O) groups excluding carboxylic acids is 2. The quantitative estimate of drug-likeness (QED) is 0.129. The van der Waals surface area contributed by atoms with Crippen molar-refractivity contribution < 1.29 is 72.3 Å². The number of halogens is 4. The average Bonchev–Trinajstić information content (AvgIpc) is 3.43. The molecule has 0 aromatic heterocycles. The minimum Gasteiger partial charge on any atom is -0.478 e. The van der Waals surface area contributed by atoms with Crippen LogP contribution in [0.5, 0.6) is 0 Å². The Morgan fingerprint density at radius 2 is 1.35 bits per heavy atom. The molecule has 23 heteroatoms. The van der Waals surface area contributed by atoms with Crippen LogP contribution >= 0.6 is 11.6 Å². The smallest absolute Gasteiger partial charge is 0.418 e. The fourth-order valence-corrected chi connectivity index (χ4v) is 8.69. The van der Waals surface area contributed by atoms with Gasteiger partial charge in [0.15, 0.2) is 0 Å². The standard InChI is InChI=1S/C35H45ClF3N7O4.2C4H4O4/c1-42-14-16-43(17-15-42)24-7-10-44(11-8-24)32(47)26(18-22-19-27(35(37,38)39)31(40)28(36)20-22)30-21-25(9-13-46(30)34(49)50)45-12-6-23-4-2-3-5-29(23)41-33(45)48;2*5-3(6)1-2-4(7)8/h2-5,19-20,24-26,30H,6-18,21,40H2,1H3,(H,41,48)(H,49,50);2*1-2H,(H,5,6)(H,7,8)/t25?,26?,30-;;/m1../s1. The van der Waals surface area contributed by atoms with Crippen molar-refractivity contribution in [1.29, 1.82) is 0 Å². The lowest BCUT2D eigenvalue weighted by Crippen LogP contribution is -2.59. The van der Waals surface area contributed by atoms with Gasteiger partial charge in [0, 0.05) is 100 Å². The number of alkyl halides is 3. The number of carbonyl (C=O) groups is 7. The lowest BCUT2D eigenvalue weighted by Gasteiger charge is -2.46. The summed E-state index contributed by atoms with van der Waals surface area (Å²) in [4.78, 5) is 88.4. The lowest BCUT2D eigenvalue weighted by atomic mass is 9.82. The zero-order valence-corrected chi connectivity index (χ0v) is 36.7. The molecule has 2 unspecified atom stereocenters. The monoisotopic (exact) mass is 951 g/mol. The average molecular weight is 952 g/mol. The first kappa shape index (κ1) is 52.2. The van der Waals surface area contributed by atoms with Crippen molar-refractivity contribution in [3.63, 3.8) is 0 Å². The molecule has 2 aromatic carbocycles. The summed E-state index contributed by atoms with van der Waals surface area (Å²) in [6.07, 6.45) is -1.36. The predicted octanol–water partition coefficient (Wildman–Crippen LogP) is 4.36. The van der Waals surface area contributed by atoms with E-state index in [1.165, 1.54) is 11.0 Å². The Morgan fingerprint density at radius 1 is 0.803 bits per heavy atom. The van der Waals surface area contributed by atoms with Gasteiger partial charge in [-0.05, 0) is 74.9 Å². The van der Waals surface area contributed by atoms with Crippen molar-refractivity contribution in [2.45, 2.75) is 62.8 Å². The van der Waals surface area contributed by atoms with Crippen LogP contribution in [0, 0.1) is 5.92 Å². The molecule has 2 aromatic rings. The molecule has 4 amide bonds. The number of piperazine rings is 1. The van der Waals surface area contributed by atoms with Crippen molar-refractivity contribution >= 4 is 64.9 Å². The molecule has 3 atom stereocenters. The predicted molar refractivity (Wildman–Crippen MR) is 233 cm³/mol. The number of hydrogen-bond acceptors (Lipinski definition) is 10. The molecule has 4 heterocycles. The number of aliphatic carboxylic acids is 4. The normalized spacial score (nSPS) is 20.2. The SMILES string of the molecule is CN1CCN(C2CCN(C(=O)C(Cc3cc(Cl)c(N)c(C(F)(F)F)c3)[C@H]3CC(N4CCc5ccccc5NC4=O)CCN3C(=O)O)CC2)CC1.O=C(O)C=CC(=O)O.O=C(O)C=CC(=O)O. The van der Waals surface area contributed by atoms with Gasteiger partial charge in [-0.3, -0.25) is 9.69 Å². The number of likely N-dealkylation sites (N-methyl/N-ethyl adjacent to an activating group) is 1. The highest BCUT2D eigenvalue weighted by molar-refractivity contribution is 6.33. The molecule has 0 radical (unpaired) electrons. The van der Waals surface area contributed by atoms with Gasteiger partial charge < -0.3 is 56.2 Å². The molecule has 3 saturated heterocycles. The van der Waals surface area contributed by atoms with E-state index in [-0.39, 0.29) is 41.9 Å². The van der Waals surface area contributed by atoms with Crippen LogP contribution < -0.4 is 11.1 Å². The molecule has 4 aliphatic heterocycles. The Bertz CT molecular complexity index is 2090. The van der Waals surface area contributed by atoms with Gasteiger partial charge in [0.25, 0.3) is 0 Å². The number of hydrogen-bond donors (Lipinski definition) is 7. The molecule has 0 spiro atoms. The second-order valence-electron chi connectivity index (χ2n) is 16.0. The number of carboxylic acids is 4. The third-order valence-corrected chi connectivity index (χ3v) is 12.1. The molecular weight excluding hydrogens is 899 g/mol. The molecule has 6 rings (SSSR count). The van der Waals surface area contributed by atoms with Crippen LogP contribution in [0.1, 0.15) is 42.4 Å². The molecule has 19 nitrogen and oxygen atoms in total. The van der Waals surface area contributed by atoms with E-state index in [1.807, 2.05) is 24.3 Å².